The Morgan fingerprint density at radius 2 is 1.45 bits per heavy atom. The number of phosphoric acid groups is 1. The van der Waals surface area contributed by atoms with Crippen molar-refractivity contribution >= 4 is 43.3 Å². The van der Waals surface area contributed by atoms with Gasteiger partial charge in [-0.15, -0.1) is 0 Å². The molecule has 19 nitrogen and oxygen atoms in total. The minimum atomic E-state index is -5.21. The van der Waals surface area contributed by atoms with Gasteiger partial charge in [0.1, 0.15) is 30.2 Å². The van der Waals surface area contributed by atoms with Gasteiger partial charge in [0.2, 0.25) is 35.4 Å². The normalized spacial score (nSPS) is 25.1. The van der Waals surface area contributed by atoms with Crippen LogP contribution >= 0.6 is 7.82 Å². The van der Waals surface area contributed by atoms with Crippen molar-refractivity contribution in [2.24, 2.45) is 11.7 Å². The number of hydrogen-bond acceptors (Lipinski definition) is 10. The monoisotopic (exact) mass is 646 g/mol. The Morgan fingerprint density at radius 3 is 2.00 bits per heavy atom. The van der Waals surface area contributed by atoms with E-state index in [1.807, 2.05) is 0 Å². The first-order chi connectivity index (χ1) is 20.5. The molecule has 246 valence electrons. The molecular formula is C24H39N8O11P. The van der Waals surface area contributed by atoms with Gasteiger partial charge in [-0.3, -0.25) is 33.3 Å². The molecule has 20 heteroatoms. The van der Waals surface area contributed by atoms with Crippen molar-refractivity contribution in [1.29, 1.82) is 0 Å². The Hall–Kier alpha value is -3.90. The van der Waals surface area contributed by atoms with E-state index in [0.29, 0.717) is 5.69 Å². The summed E-state index contributed by atoms with van der Waals surface area (Å²) in [7, 11) is -5.21. The molecule has 0 aliphatic carbocycles. The minimum Gasteiger partial charge on any atom is -0.394 e. The fourth-order valence-electron chi connectivity index (χ4n) is 4.28. The van der Waals surface area contributed by atoms with Crippen molar-refractivity contribution in [2.45, 2.75) is 82.8 Å². The number of primary amides is 1. The number of amides is 6. The molecule has 1 aromatic rings. The molecule has 6 atom stereocenters. The lowest BCUT2D eigenvalue weighted by Crippen LogP contribution is -2.61. The molecule has 0 unspecified atom stereocenters. The number of carbonyl (C=O) groups excluding carboxylic acids is 6. The number of aliphatic hydroxyl groups excluding tert-OH is 1. The van der Waals surface area contributed by atoms with Crippen molar-refractivity contribution in [3.05, 3.63) is 18.2 Å². The van der Waals surface area contributed by atoms with Gasteiger partial charge in [-0.25, -0.2) is 9.55 Å². The van der Waals surface area contributed by atoms with Crippen LogP contribution in [0.15, 0.2) is 12.5 Å². The van der Waals surface area contributed by atoms with Gasteiger partial charge in [-0.2, -0.15) is 0 Å². The quantitative estimate of drug-likeness (QED) is 0.104. The van der Waals surface area contributed by atoms with E-state index in [-0.39, 0.29) is 31.6 Å². The third-order valence-corrected chi connectivity index (χ3v) is 7.04. The fourth-order valence-corrected chi connectivity index (χ4v) is 4.84. The van der Waals surface area contributed by atoms with E-state index in [1.54, 1.807) is 13.8 Å². The summed E-state index contributed by atoms with van der Waals surface area (Å²) in [6.45, 7) is 3.60. The van der Waals surface area contributed by atoms with Crippen LogP contribution in [0, 0.1) is 5.92 Å². The molecule has 1 aliphatic heterocycles. The molecule has 11 N–H and O–H groups in total. The Labute approximate surface area is 252 Å². The van der Waals surface area contributed by atoms with Crippen LogP contribution in [-0.4, -0.2) is 103 Å². The van der Waals surface area contributed by atoms with E-state index < -0.39 is 86.2 Å². The maximum Gasteiger partial charge on any atom is 0.469 e. The van der Waals surface area contributed by atoms with Gasteiger partial charge >= 0.3 is 7.82 Å². The molecule has 1 saturated heterocycles. The van der Waals surface area contributed by atoms with Crippen molar-refractivity contribution in [1.82, 2.24) is 36.6 Å². The first kappa shape index (κ1) is 36.3. The molecule has 0 spiro atoms. The maximum atomic E-state index is 13.4. The SMILES string of the molecule is CC(C)C[C@@H]1NC(=O)[C@H](CCC(N)=O)NC(=O)[C@H]([C@@H](C)OP(=O)(O)O)NC(=O)[C@H](CO)NC(=O)[C@H](Cc2cnc[nH]2)NC1=O. The second kappa shape index (κ2) is 16.2. The number of aromatic amines is 1. The van der Waals surface area contributed by atoms with E-state index in [2.05, 4.69) is 41.1 Å². The van der Waals surface area contributed by atoms with Crippen molar-refractivity contribution in [2.75, 3.05) is 6.61 Å². The third-order valence-electron chi connectivity index (χ3n) is 6.43. The summed E-state index contributed by atoms with van der Waals surface area (Å²) in [5.41, 5.74) is 5.65. The molecule has 1 aliphatic rings. The van der Waals surface area contributed by atoms with Gasteiger partial charge in [0, 0.05) is 24.7 Å². The zero-order valence-corrected chi connectivity index (χ0v) is 25.2. The molecule has 1 aromatic heterocycles. The van der Waals surface area contributed by atoms with Crippen molar-refractivity contribution in [3.8, 4) is 0 Å². The molecule has 6 amide bonds. The Balaban J connectivity index is 2.59. The number of rotatable bonds is 11. The number of carbonyl (C=O) groups is 6. The number of H-pyrrole nitrogens is 1. The first-order valence-electron chi connectivity index (χ1n) is 13.6. The second-order valence-corrected chi connectivity index (χ2v) is 11.8. The van der Waals surface area contributed by atoms with Gasteiger partial charge in [0.15, 0.2) is 0 Å². The van der Waals surface area contributed by atoms with E-state index in [1.165, 1.54) is 12.5 Å². The highest BCUT2D eigenvalue weighted by atomic mass is 31.2. The van der Waals surface area contributed by atoms with E-state index in [0.717, 1.165) is 6.92 Å². The van der Waals surface area contributed by atoms with Gasteiger partial charge < -0.3 is 52.2 Å². The number of nitrogens with two attached hydrogens (primary N) is 1. The number of nitrogens with one attached hydrogen (secondary N) is 6. The van der Waals surface area contributed by atoms with Crippen LogP contribution in [0.3, 0.4) is 0 Å². The predicted octanol–water partition coefficient (Wildman–Crippen LogP) is -3.81. The van der Waals surface area contributed by atoms with Crippen LogP contribution in [-0.2, 0) is 44.3 Å². The molecule has 2 heterocycles. The van der Waals surface area contributed by atoms with E-state index in [9.17, 15) is 48.2 Å². The summed E-state index contributed by atoms with van der Waals surface area (Å²) < 4.78 is 16.1. The zero-order chi connectivity index (χ0) is 33.2. The lowest BCUT2D eigenvalue weighted by molar-refractivity contribution is -0.136. The summed E-state index contributed by atoms with van der Waals surface area (Å²) in [5.74, 6) is -5.95. The first-order valence-corrected chi connectivity index (χ1v) is 15.2. The van der Waals surface area contributed by atoms with Crippen molar-refractivity contribution in [3.63, 3.8) is 0 Å². The third kappa shape index (κ3) is 11.6. The molecule has 0 saturated carbocycles. The summed E-state index contributed by atoms with van der Waals surface area (Å²) >= 11 is 0. The molecule has 1 fully saturated rings. The largest absolute Gasteiger partial charge is 0.469 e. The highest BCUT2D eigenvalue weighted by Crippen LogP contribution is 2.38. The number of phosphoric ester groups is 1. The summed E-state index contributed by atoms with van der Waals surface area (Å²) in [5, 5.41) is 21.7. The van der Waals surface area contributed by atoms with Gasteiger partial charge in [0.05, 0.1) is 19.0 Å². The summed E-state index contributed by atoms with van der Waals surface area (Å²) in [4.78, 5) is 103. The Bertz CT molecular complexity index is 1240. The summed E-state index contributed by atoms with van der Waals surface area (Å²) in [6, 6.07) is -7.69. The molecule has 44 heavy (non-hydrogen) atoms. The highest BCUT2D eigenvalue weighted by molar-refractivity contribution is 7.46. The molecular weight excluding hydrogens is 607 g/mol. The number of aliphatic hydroxyl groups is 1. The average molecular weight is 647 g/mol. The zero-order valence-electron chi connectivity index (χ0n) is 24.3. The van der Waals surface area contributed by atoms with Crippen molar-refractivity contribution < 1.29 is 52.7 Å². The highest BCUT2D eigenvalue weighted by Gasteiger charge is 2.38. The Morgan fingerprint density at radius 1 is 0.909 bits per heavy atom. The van der Waals surface area contributed by atoms with Gasteiger partial charge in [0.25, 0.3) is 0 Å². The van der Waals surface area contributed by atoms with Gasteiger partial charge in [-0.05, 0) is 25.7 Å². The topological polar surface area (TPSA) is 304 Å². The lowest BCUT2D eigenvalue weighted by Gasteiger charge is -2.28. The van der Waals surface area contributed by atoms with Crippen LogP contribution in [0.25, 0.3) is 0 Å². The van der Waals surface area contributed by atoms with Crippen LogP contribution in [0.5, 0.6) is 0 Å². The van der Waals surface area contributed by atoms with E-state index >= 15 is 0 Å². The number of aromatic nitrogens is 2. The smallest absolute Gasteiger partial charge is 0.394 e. The second-order valence-electron chi connectivity index (χ2n) is 10.6. The number of nitrogens with zero attached hydrogens (tertiary/aromatic N) is 1. The lowest BCUT2D eigenvalue weighted by atomic mass is 10.0. The average Bonchev–Trinajstić information content (AvgIpc) is 3.42. The number of imidazole rings is 1. The predicted molar refractivity (Wildman–Crippen MR) is 150 cm³/mol. The minimum absolute atomic E-state index is 0.0849. The standard InChI is InChI=1S/C24H39N8O11P/c1-11(2)6-15-21(36)30-16(7-13-8-26-10-27-13)22(37)31-17(9-33)23(38)32-19(12(3)43-44(40,41)42)24(39)28-14(20(35)29-15)4-5-18(25)34/h8,10-12,14-17,19,33H,4-7,9H2,1-3H3,(H2,25,34)(H,26,27)(H,28,39)(H,29,35)(H,30,36)(H,31,37)(H,32,38)(H2,40,41,42)/t12-,14+,15+,16+,17+,19+/m1/s1. The van der Waals surface area contributed by atoms with Crippen LogP contribution < -0.4 is 32.3 Å². The Kier molecular flexibility index (Phi) is 13.4. The number of hydrogen-bond donors (Lipinski definition) is 10. The van der Waals surface area contributed by atoms with Crippen LogP contribution in [0.4, 0.5) is 0 Å². The molecule has 0 radical (unpaired) electrons. The maximum absolute atomic E-state index is 13.4. The molecule has 0 bridgehead atoms. The summed E-state index contributed by atoms with van der Waals surface area (Å²) in [6.07, 6.45) is 0.228. The molecule has 0 aromatic carbocycles. The fraction of sp³-hybridized carbons (Fsp3) is 0.625. The molecule has 2 rings (SSSR count). The van der Waals surface area contributed by atoms with Crippen LogP contribution in [0.1, 0.15) is 45.7 Å². The van der Waals surface area contributed by atoms with Crippen LogP contribution in [0.2, 0.25) is 0 Å². The van der Waals surface area contributed by atoms with Gasteiger partial charge in [-0.1, -0.05) is 13.8 Å². The van der Waals surface area contributed by atoms with E-state index in [4.69, 9.17) is 5.73 Å².